The minimum absolute atomic E-state index is 0.0357. The molecule has 102 valence electrons. The Kier molecular flexibility index (Phi) is 5.77. The van der Waals surface area contributed by atoms with Gasteiger partial charge in [-0.05, 0) is 19.8 Å². The summed E-state index contributed by atoms with van der Waals surface area (Å²) >= 11 is 0. The molecule has 1 atom stereocenters. The van der Waals surface area contributed by atoms with Gasteiger partial charge in [-0.15, -0.1) is 0 Å². The van der Waals surface area contributed by atoms with Gasteiger partial charge in [0.25, 0.3) is 0 Å². The van der Waals surface area contributed by atoms with E-state index in [1.807, 2.05) is 16.5 Å². The van der Waals surface area contributed by atoms with Crippen LogP contribution in [0.15, 0.2) is 6.33 Å². The summed E-state index contributed by atoms with van der Waals surface area (Å²) in [6.07, 6.45) is 3.42. The van der Waals surface area contributed by atoms with E-state index in [1.165, 1.54) is 6.33 Å². The van der Waals surface area contributed by atoms with Gasteiger partial charge in [0.1, 0.15) is 12.2 Å². The molecule has 0 radical (unpaired) electrons. The lowest BCUT2D eigenvalue weighted by Crippen LogP contribution is -2.37. The van der Waals surface area contributed by atoms with Crippen molar-refractivity contribution in [1.29, 1.82) is 0 Å². The van der Waals surface area contributed by atoms with Gasteiger partial charge in [0, 0.05) is 12.6 Å². The third kappa shape index (κ3) is 4.10. The first-order valence-electron chi connectivity index (χ1n) is 6.41. The van der Waals surface area contributed by atoms with Crippen LogP contribution in [0.2, 0.25) is 0 Å². The van der Waals surface area contributed by atoms with E-state index >= 15 is 0 Å². The molecule has 0 aliphatic heterocycles. The number of hydrogen-bond acceptors (Lipinski definition) is 4. The summed E-state index contributed by atoms with van der Waals surface area (Å²) < 4.78 is 1.84. The second-order valence-corrected chi connectivity index (χ2v) is 4.46. The van der Waals surface area contributed by atoms with Gasteiger partial charge in [0.05, 0.1) is 13.1 Å². The van der Waals surface area contributed by atoms with Crippen molar-refractivity contribution in [2.45, 2.75) is 52.7 Å². The fourth-order valence-electron chi connectivity index (χ4n) is 1.79. The molecule has 0 aromatic carbocycles. The molecule has 1 rings (SSSR count). The van der Waals surface area contributed by atoms with Gasteiger partial charge in [0.2, 0.25) is 0 Å². The summed E-state index contributed by atoms with van der Waals surface area (Å²) in [4.78, 5) is 17.0. The van der Waals surface area contributed by atoms with Crippen molar-refractivity contribution in [3.05, 3.63) is 12.2 Å². The first-order chi connectivity index (χ1) is 8.58. The van der Waals surface area contributed by atoms with E-state index in [2.05, 4.69) is 23.9 Å². The van der Waals surface area contributed by atoms with E-state index in [0.717, 1.165) is 25.2 Å². The van der Waals surface area contributed by atoms with Crippen LogP contribution in [-0.4, -0.2) is 43.3 Å². The monoisotopic (exact) mass is 254 g/mol. The molecule has 0 spiro atoms. The van der Waals surface area contributed by atoms with Crippen LogP contribution in [0.1, 0.15) is 39.4 Å². The number of carbonyl (C=O) groups is 1. The van der Waals surface area contributed by atoms with Crippen molar-refractivity contribution in [3.63, 3.8) is 0 Å². The molecule has 0 saturated heterocycles. The van der Waals surface area contributed by atoms with Crippen LogP contribution in [0.3, 0.4) is 0 Å². The highest BCUT2D eigenvalue weighted by Gasteiger charge is 2.18. The Labute approximate surface area is 108 Å². The van der Waals surface area contributed by atoms with Gasteiger partial charge in [-0.3, -0.25) is 9.69 Å². The maximum absolute atomic E-state index is 10.9. The lowest BCUT2D eigenvalue weighted by Gasteiger charge is -2.26. The standard InChI is InChI=1S/C12H22N4O2/c1-4-6-16-11(13-9-14-16)7-15(8-12(17)18)10(3)5-2/h9-10H,4-8H2,1-3H3,(H,17,18). The molecule has 1 aromatic heterocycles. The van der Waals surface area contributed by atoms with Crippen LogP contribution >= 0.6 is 0 Å². The van der Waals surface area contributed by atoms with Gasteiger partial charge in [-0.25, -0.2) is 9.67 Å². The number of nitrogens with zero attached hydrogens (tertiary/aromatic N) is 4. The summed E-state index contributed by atoms with van der Waals surface area (Å²) in [6, 6.07) is 0.216. The maximum Gasteiger partial charge on any atom is 0.317 e. The Bertz CT molecular complexity index is 378. The zero-order valence-electron chi connectivity index (χ0n) is 11.3. The van der Waals surface area contributed by atoms with E-state index in [0.29, 0.717) is 6.54 Å². The predicted octanol–water partition coefficient (Wildman–Crippen LogP) is 1.37. The Morgan fingerprint density at radius 2 is 2.28 bits per heavy atom. The molecule has 18 heavy (non-hydrogen) atoms. The molecule has 0 saturated carbocycles. The Hall–Kier alpha value is -1.43. The number of aryl methyl sites for hydroxylation is 1. The number of aromatic nitrogens is 3. The summed E-state index contributed by atoms with van der Waals surface area (Å²) in [5.41, 5.74) is 0. The smallest absolute Gasteiger partial charge is 0.317 e. The van der Waals surface area contributed by atoms with Crippen LogP contribution in [-0.2, 0) is 17.9 Å². The van der Waals surface area contributed by atoms with Gasteiger partial charge < -0.3 is 5.11 Å². The zero-order chi connectivity index (χ0) is 13.5. The van der Waals surface area contributed by atoms with E-state index in [9.17, 15) is 4.79 Å². The topological polar surface area (TPSA) is 71.2 Å². The summed E-state index contributed by atoms with van der Waals surface area (Å²) in [7, 11) is 0. The van der Waals surface area contributed by atoms with Crippen molar-refractivity contribution in [3.8, 4) is 0 Å². The van der Waals surface area contributed by atoms with Crippen LogP contribution in [0.4, 0.5) is 0 Å². The normalized spacial score (nSPS) is 12.9. The van der Waals surface area contributed by atoms with Crippen molar-refractivity contribution in [2.24, 2.45) is 0 Å². The Morgan fingerprint density at radius 3 is 2.83 bits per heavy atom. The molecular formula is C12H22N4O2. The van der Waals surface area contributed by atoms with Gasteiger partial charge in [-0.2, -0.15) is 5.10 Å². The second kappa shape index (κ2) is 7.10. The first-order valence-corrected chi connectivity index (χ1v) is 6.41. The summed E-state index contributed by atoms with van der Waals surface area (Å²) in [5.74, 6) is 0.0234. The van der Waals surface area contributed by atoms with Crippen LogP contribution in [0.25, 0.3) is 0 Å². The molecule has 1 unspecified atom stereocenters. The molecule has 6 heteroatoms. The van der Waals surface area contributed by atoms with Gasteiger partial charge in [0.15, 0.2) is 0 Å². The first kappa shape index (κ1) is 14.6. The Balaban J connectivity index is 2.75. The fourth-order valence-corrected chi connectivity index (χ4v) is 1.79. The highest BCUT2D eigenvalue weighted by molar-refractivity contribution is 5.69. The van der Waals surface area contributed by atoms with Crippen molar-refractivity contribution in [2.75, 3.05) is 6.54 Å². The molecule has 6 nitrogen and oxygen atoms in total. The SMILES string of the molecule is CCCn1ncnc1CN(CC(=O)O)C(C)CC. The quantitative estimate of drug-likeness (QED) is 0.758. The second-order valence-electron chi connectivity index (χ2n) is 4.46. The van der Waals surface area contributed by atoms with Gasteiger partial charge >= 0.3 is 5.97 Å². The average Bonchev–Trinajstić information content (AvgIpc) is 2.75. The molecule has 0 bridgehead atoms. The van der Waals surface area contributed by atoms with E-state index in [-0.39, 0.29) is 12.6 Å². The zero-order valence-corrected chi connectivity index (χ0v) is 11.3. The van der Waals surface area contributed by atoms with Crippen molar-refractivity contribution < 1.29 is 9.90 Å². The minimum Gasteiger partial charge on any atom is -0.480 e. The van der Waals surface area contributed by atoms with E-state index in [4.69, 9.17) is 5.11 Å². The van der Waals surface area contributed by atoms with Crippen molar-refractivity contribution in [1.82, 2.24) is 19.7 Å². The maximum atomic E-state index is 10.9. The number of aliphatic carboxylic acids is 1. The van der Waals surface area contributed by atoms with E-state index < -0.39 is 5.97 Å². The molecule has 0 aliphatic rings. The molecule has 1 heterocycles. The Morgan fingerprint density at radius 1 is 1.56 bits per heavy atom. The molecular weight excluding hydrogens is 232 g/mol. The molecule has 0 amide bonds. The number of rotatable bonds is 8. The summed E-state index contributed by atoms with van der Waals surface area (Å²) in [5, 5.41) is 13.1. The third-order valence-corrected chi connectivity index (χ3v) is 3.03. The largest absolute Gasteiger partial charge is 0.480 e. The van der Waals surface area contributed by atoms with Crippen molar-refractivity contribution >= 4 is 5.97 Å². The molecule has 0 fully saturated rings. The molecule has 0 aliphatic carbocycles. The summed E-state index contributed by atoms with van der Waals surface area (Å²) in [6.45, 7) is 7.54. The number of carboxylic acids is 1. The highest BCUT2D eigenvalue weighted by Crippen LogP contribution is 2.09. The van der Waals surface area contributed by atoms with Gasteiger partial charge in [-0.1, -0.05) is 13.8 Å². The number of carboxylic acid groups (broad SMARTS) is 1. The highest BCUT2D eigenvalue weighted by atomic mass is 16.4. The van der Waals surface area contributed by atoms with Crippen LogP contribution in [0, 0.1) is 0 Å². The molecule has 1 N–H and O–H groups in total. The minimum atomic E-state index is -0.808. The predicted molar refractivity (Wildman–Crippen MR) is 68.1 cm³/mol. The fraction of sp³-hybridized carbons (Fsp3) is 0.750. The van der Waals surface area contributed by atoms with Crippen LogP contribution < -0.4 is 0 Å². The molecule has 1 aromatic rings. The lowest BCUT2D eigenvalue weighted by molar-refractivity contribution is -0.139. The lowest BCUT2D eigenvalue weighted by atomic mass is 10.2. The van der Waals surface area contributed by atoms with E-state index in [1.54, 1.807) is 0 Å². The van der Waals surface area contributed by atoms with Crippen LogP contribution in [0.5, 0.6) is 0 Å². The third-order valence-electron chi connectivity index (χ3n) is 3.03. The number of hydrogen-bond donors (Lipinski definition) is 1. The average molecular weight is 254 g/mol.